The van der Waals surface area contributed by atoms with Crippen molar-refractivity contribution in [1.29, 1.82) is 0 Å². The fraction of sp³-hybridized carbons (Fsp3) is 0.350. The number of carbonyl (C=O) groups is 1. The second-order valence-corrected chi connectivity index (χ2v) is 7.08. The summed E-state index contributed by atoms with van der Waals surface area (Å²) in [7, 11) is 0. The molecule has 2 N–H and O–H groups in total. The number of fused-ring (bicyclic) bond motifs is 1. The van der Waals surface area contributed by atoms with Crippen molar-refractivity contribution in [3.05, 3.63) is 59.7 Å². The number of amides is 1. The lowest BCUT2D eigenvalue weighted by atomic mass is 9.98. The molecule has 0 bridgehead atoms. The van der Waals surface area contributed by atoms with Crippen LogP contribution in [0.4, 0.5) is 8.78 Å². The lowest BCUT2D eigenvalue weighted by Crippen LogP contribution is -2.33. The van der Waals surface area contributed by atoms with E-state index in [-0.39, 0.29) is 30.1 Å². The summed E-state index contributed by atoms with van der Waals surface area (Å²) in [6.45, 7) is 1.49. The Hall–Kier alpha value is -2.18. The van der Waals surface area contributed by atoms with Gasteiger partial charge < -0.3 is 15.4 Å². The van der Waals surface area contributed by atoms with Crippen molar-refractivity contribution in [2.45, 2.75) is 18.9 Å². The first-order valence-corrected chi connectivity index (χ1v) is 8.79. The van der Waals surface area contributed by atoms with Crippen LogP contribution in [0.25, 0.3) is 0 Å². The van der Waals surface area contributed by atoms with Gasteiger partial charge in [-0.25, -0.2) is 8.78 Å². The Morgan fingerprint density at radius 3 is 2.37 bits per heavy atom. The topological polar surface area (TPSA) is 55.6 Å². The van der Waals surface area contributed by atoms with Crippen LogP contribution in [0.5, 0.6) is 11.5 Å². The summed E-state index contributed by atoms with van der Waals surface area (Å²) in [4.78, 5) is 14.6. The van der Waals surface area contributed by atoms with Gasteiger partial charge in [-0.05, 0) is 61.1 Å². The summed E-state index contributed by atoms with van der Waals surface area (Å²) in [5.74, 6) is -0.316. The van der Waals surface area contributed by atoms with Crippen LogP contribution >= 0.6 is 12.4 Å². The molecule has 2 fully saturated rings. The van der Waals surface area contributed by atoms with E-state index in [1.807, 2.05) is 4.90 Å². The molecule has 2 aromatic carbocycles. The number of carbonyl (C=O) groups excluding carboxylic acids is 1. The highest BCUT2D eigenvalue weighted by atomic mass is 35.5. The lowest BCUT2D eigenvalue weighted by Gasteiger charge is -2.19. The van der Waals surface area contributed by atoms with Crippen LogP contribution in [0.3, 0.4) is 0 Å². The first kappa shape index (κ1) is 19.6. The summed E-state index contributed by atoms with van der Waals surface area (Å²) in [5, 5.41) is 0. The van der Waals surface area contributed by atoms with E-state index in [2.05, 4.69) is 0 Å². The Morgan fingerprint density at radius 1 is 1.00 bits per heavy atom. The van der Waals surface area contributed by atoms with Gasteiger partial charge in [0, 0.05) is 30.8 Å². The molecule has 1 saturated heterocycles. The van der Waals surface area contributed by atoms with Gasteiger partial charge in [0.2, 0.25) is 0 Å². The highest BCUT2D eigenvalue weighted by Gasteiger charge is 2.42. The van der Waals surface area contributed by atoms with Gasteiger partial charge in [0.15, 0.2) is 11.6 Å². The summed E-state index contributed by atoms with van der Waals surface area (Å²) >= 11 is 0. The number of likely N-dealkylation sites (tertiary alicyclic amines) is 1. The molecule has 0 spiro atoms. The van der Waals surface area contributed by atoms with Crippen molar-refractivity contribution in [3.8, 4) is 11.5 Å². The average molecular weight is 395 g/mol. The van der Waals surface area contributed by atoms with Gasteiger partial charge in [-0.15, -0.1) is 12.4 Å². The van der Waals surface area contributed by atoms with Crippen LogP contribution in [-0.2, 0) is 0 Å². The minimum absolute atomic E-state index is 0. The third-order valence-corrected chi connectivity index (χ3v) is 5.43. The smallest absolute Gasteiger partial charge is 0.253 e. The molecule has 1 saturated carbocycles. The number of halogens is 3. The van der Waals surface area contributed by atoms with Crippen LogP contribution < -0.4 is 10.5 Å². The minimum Gasteiger partial charge on any atom is -0.457 e. The van der Waals surface area contributed by atoms with E-state index in [0.717, 1.165) is 38.1 Å². The Morgan fingerprint density at radius 2 is 1.70 bits per heavy atom. The molecule has 144 valence electrons. The Bertz CT molecular complexity index is 831. The predicted octanol–water partition coefficient (Wildman–Crippen LogP) is 3.99. The van der Waals surface area contributed by atoms with Crippen molar-refractivity contribution in [3.63, 3.8) is 0 Å². The molecule has 7 heteroatoms. The first-order valence-electron chi connectivity index (χ1n) is 8.79. The monoisotopic (exact) mass is 394 g/mol. The number of nitrogens with zero attached hydrogens (tertiary/aromatic N) is 1. The van der Waals surface area contributed by atoms with Gasteiger partial charge in [0.25, 0.3) is 5.91 Å². The van der Waals surface area contributed by atoms with Crippen LogP contribution in [0.2, 0.25) is 0 Å². The molecule has 4 rings (SSSR count). The standard InChI is InChI=1S/C20H20F2N2O2.ClH/c21-17-7-6-15(9-18(17)22)26-14-4-1-12(2-5-14)20(25)24-10-13-3-8-19(23)16(13)11-24;/h1-2,4-7,9,13,16,19H,3,8,10-11,23H2;1H. The van der Waals surface area contributed by atoms with Gasteiger partial charge in [0.05, 0.1) is 0 Å². The second-order valence-electron chi connectivity index (χ2n) is 7.08. The van der Waals surface area contributed by atoms with Crippen molar-refractivity contribution in [2.24, 2.45) is 17.6 Å². The molecule has 1 aliphatic carbocycles. The van der Waals surface area contributed by atoms with E-state index < -0.39 is 11.6 Å². The lowest BCUT2D eigenvalue weighted by molar-refractivity contribution is 0.0779. The maximum Gasteiger partial charge on any atom is 0.253 e. The van der Waals surface area contributed by atoms with Gasteiger partial charge in [-0.2, -0.15) is 0 Å². The van der Waals surface area contributed by atoms with E-state index in [4.69, 9.17) is 10.5 Å². The number of hydrogen-bond donors (Lipinski definition) is 1. The summed E-state index contributed by atoms with van der Waals surface area (Å²) in [5.41, 5.74) is 6.71. The van der Waals surface area contributed by atoms with E-state index in [9.17, 15) is 13.6 Å². The summed E-state index contributed by atoms with van der Waals surface area (Å²) in [6, 6.07) is 10.2. The van der Waals surface area contributed by atoms with E-state index in [1.165, 1.54) is 6.07 Å². The maximum absolute atomic E-state index is 13.2. The zero-order chi connectivity index (χ0) is 18.3. The zero-order valence-electron chi connectivity index (χ0n) is 14.6. The van der Waals surface area contributed by atoms with Crippen LogP contribution in [-0.4, -0.2) is 29.9 Å². The molecular weight excluding hydrogens is 374 g/mol. The highest BCUT2D eigenvalue weighted by Crippen LogP contribution is 2.37. The van der Waals surface area contributed by atoms with E-state index in [0.29, 0.717) is 23.1 Å². The summed E-state index contributed by atoms with van der Waals surface area (Å²) < 4.78 is 31.7. The number of rotatable bonds is 3. The third kappa shape index (κ3) is 3.92. The van der Waals surface area contributed by atoms with Crippen LogP contribution in [0.1, 0.15) is 23.2 Å². The minimum atomic E-state index is -0.966. The van der Waals surface area contributed by atoms with Gasteiger partial charge in [0.1, 0.15) is 11.5 Å². The van der Waals surface area contributed by atoms with E-state index >= 15 is 0 Å². The summed E-state index contributed by atoms with van der Waals surface area (Å²) in [6.07, 6.45) is 2.14. The molecule has 0 radical (unpaired) electrons. The maximum atomic E-state index is 13.2. The van der Waals surface area contributed by atoms with Crippen LogP contribution in [0.15, 0.2) is 42.5 Å². The first-order chi connectivity index (χ1) is 12.5. The number of nitrogens with two attached hydrogens (primary N) is 1. The zero-order valence-corrected chi connectivity index (χ0v) is 15.4. The second kappa shape index (κ2) is 7.82. The number of benzene rings is 2. The molecule has 0 aromatic heterocycles. The van der Waals surface area contributed by atoms with Gasteiger partial charge in [-0.1, -0.05) is 0 Å². The fourth-order valence-corrected chi connectivity index (χ4v) is 4.00. The molecule has 1 aliphatic heterocycles. The van der Waals surface area contributed by atoms with Crippen molar-refractivity contribution >= 4 is 18.3 Å². The molecule has 3 unspecified atom stereocenters. The van der Waals surface area contributed by atoms with Crippen LogP contribution in [0, 0.1) is 23.5 Å². The SMILES string of the molecule is Cl.NC1CCC2CN(C(=O)c3ccc(Oc4ccc(F)c(F)c4)cc3)CC12. The Labute approximate surface area is 162 Å². The predicted molar refractivity (Wildman–Crippen MR) is 100 cm³/mol. The molecule has 1 heterocycles. The van der Waals surface area contributed by atoms with Crippen molar-refractivity contribution in [1.82, 2.24) is 4.90 Å². The molecule has 2 aliphatic rings. The Kier molecular flexibility index (Phi) is 5.67. The third-order valence-electron chi connectivity index (χ3n) is 5.43. The average Bonchev–Trinajstić information content (AvgIpc) is 3.21. The quantitative estimate of drug-likeness (QED) is 0.856. The van der Waals surface area contributed by atoms with Gasteiger partial charge in [-0.3, -0.25) is 4.79 Å². The molecule has 2 aromatic rings. The molecule has 4 nitrogen and oxygen atoms in total. The van der Waals surface area contributed by atoms with Gasteiger partial charge >= 0.3 is 0 Å². The normalized spacial score (nSPS) is 23.7. The number of hydrogen-bond acceptors (Lipinski definition) is 3. The largest absolute Gasteiger partial charge is 0.457 e. The Balaban J connectivity index is 0.00000210. The molecular formula is C20H21ClF2N2O2. The molecule has 27 heavy (non-hydrogen) atoms. The van der Waals surface area contributed by atoms with Crippen molar-refractivity contribution in [2.75, 3.05) is 13.1 Å². The highest BCUT2D eigenvalue weighted by molar-refractivity contribution is 5.94. The molecule has 3 atom stereocenters. The van der Waals surface area contributed by atoms with Crippen molar-refractivity contribution < 1.29 is 18.3 Å². The molecule has 1 amide bonds. The number of ether oxygens (including phenoxy) is 1. The van der Waals surface area contributed by atoms with E-state index in [1.54, 1.807) is 24.3 Å². The fourth-order valence-electron chi connectivity index (χ4n) is 4.00.